The van der Waals surface area contributed by atoms with Gasteiger partial charge < -0.3 is 19.0 Å². The highest BCUT2D eigenvalue weighted by Gasteiger charge is 2.25. The lowest BCUT2D eigenvalue weighted by Crippen LogP contribution is -2.20. The van der Waals surface area contributed by atoms with Gasteiger partial charge in [-0.05, 0) is 44.1 Å². The van der Waals surface area contributed by atoms with Crippen LogP contribution in [0.4, 0.5) is 0 Å². The van der Waals surface area contributed by atoms with Gasteiger partial charge in [-0.1, -0.05) is 0 Å². The van der Waals surface area contributed by atoms with Gasteiger partial charge in [0.1, 0.15) is 5.75 Å². The molecule has 5 heteroatoms. The molecule has 1 N–H and O–H groups in total. The Kier molecular flexibility index (Phi) is 3.33. The Labute approximate surface area is 117 Å². The Bertz CT molecular complexity index is 640. The molecule has 1 saturated heterocycles. The van der Waals surface area contributed by atoms with Gasteiger partial charge in [-0.3, -0.25) is 0 Å². The number of hydrogen-bond donors (Lipinski definition) is 1. The molecular formula is C14H18N2O2S. The molecule has 2 unspecified atom stereocenters. The summed E-state index contributed by atoms with van der Waals surface area (Å²) < 4.78 is 13.9. The number of imidazole rings is 1. The van der Waals surface area contributed by atoms with Crippen LogP contribution in [0.25, 0.3) is 11.0 Å². The number of nitrogens with zero attached hydrogens (tertiary/aromatic N) is 1. The molecule has 0 bridgehead atoms. The van der Waals surface area contributed by atoms with Crippen molar-refractivity contribution >= 4 is 23.3 Å². The number of ether oxygens (including phenoxy) is 2. The smallest absolute Gasteiger partial charge is 0.178 e. The van der Waals surface area contributed by atoms with Crippen molar-refractivity contribution in [3.05, 3.63) is 23.0 Å². The third kappa shape index (κ3) is 2.17. The highest BCUT2D eigenvalue weighted by molar-refractivity contribution is 7.71. The van der Waals surface area contributed by atoms with Crippen molar-refractivity contribution in [2.45, 2.75) is 31.9 Å². The zero-order valence-corrected chi connectivity index (χ0v) is 12.0. The number of nitrogens with one attached hydrogen (secondary N) is 1. The van der Waals surface area contributed by atoms with E-state index in [0.717, 1.165) is 41.0 Å². The van der Waals surface area contributed by atoms with E-state index in [9.17, 15) is 0 Å². The monoisotopic (exact) mass is 278 g/mol. The van der Waals surface area contributed by atoms with E-state index in [-0.39, 0.29) is 12.1 Å². The second-order valence-electron chi connectivity index (χ2n) is 4.98. The van der Waals surface area contributed by atoms with Gasteiger partial charge >= 0.3 is 0 Å². The van der Waals surface area contributed by atoms with E-state index in [2.05, 4.69) is 16.5 Å². The first-order valence-corrected chi connectivity index (χ1v) is 7.01. The third-order valence-corrected chi connectivity index (χ3v) is 4.13. The van der Waals surface area contributed by atoms with Crippen LogP contribution in [-0.2, 0) is 4.74 Å². The molecule has 2 atom stereocenters. The number of benzene rings is 1. The van der Waals surface area contributed by atoms with Crippen LogP contribution in [0, 0.1) is 4.77 Å². The van der Waals surface area contributed by atoms with Gasteiger partial charge in [0.05, 0.1) is 30.3 Å². The molecule has 2 aromatic rings. The number of methoxy groups -OCH3 is 1. The fraction of sp³-hybridized carbons (Fsp3) is 0.500. The van der Waals surface area contributed by atoms with Crippen LogP contribution in [0.15, 0.2) is 18.2 Å². The van der Waals surface area contributed by atoms with Crippen molar-refractivity contribution in [2.75, 3.05) is 13.7 Å². The molecule has 0 radical (unpaired) electrons. The maximum absolute atomic E-state index is 5.78. The summed E-state index contributed by atoms with van der Waals surface area (Å²) in [5, 5.41) is 0. The van der Waals surface area contributed by atoms with E-state index in [1.54, 1.807) is 7.11 Å². The summed E-state index contributed by atoms with van der Waals surface area (Å²) in [7, 11) is 1.67. The van der Waals surface area contributed by atoms with Crippen LogP contribution in [0.2, 0.25) is 0 Å². The summed E-state index contributed by atoms with van der Waals surface area (Å²) in [6.07, 6.45) is 2.50. The van der Waals surface area contributed by atoms with E-state index in [1.165, 1.54) is 0 Å². The van der Waals surface area contributed by atoms with Crippen LogP contribution < -0.4 is 4.74 Å². The largest absolute Gasteiger partial charge is 0.497 e. The van der Waals surface area contributed by atoms with Crippen molar-refractivity contribution in [1.29, 1.82) is 0 Å². The van der Waals surface area contributed by atoms with Crippen molar-refractivity contribution < 1.29 is 9.47 Å². The van der Waals surface area contributed by atoms with E-state index in [0.29, 0.717) is 0 Å². The van der Waals surface area contributed by atoms with Crippen LogP contribution in [0.3, 0.4) is 0 Å². The molecule has 102 valence electrons. The second-order valence-corrected chi connectivity index (χ2v) is 5.36. The SMILES string of the molecule is COc1ccc2c(c1)[nH]c(=S)n2C(C)C1CCCO1. The van der Waals surface area contributed by atoms with Gasteiger partial charge in [-0.15, -0.1) is 0 Å². The van der Waals surface area contributed by atoms with E-state index >= 15 is 0 Å². The van der Waals surface area contributed by atoms with Gasteiger partial charge in [0.25, 0.3) is 0 Å². The minimum absolute atomic E-state index is 0.247. The zero-order valence-electron chi connectivity index (χ0n) is 11.2. The van der Waals surface area contributed by atoms with Gasteiger partial charge in [0, 0.05) is 12.7 Å². The third-order valence-electron chi connectivity index (χ3n) is 3.83. The summed E-state index contributed by atoms with van der Waals surface area (Å²) in [5.74, 6) is 0.834. The van der Waals surface area contributed by atoms with Crippen LogP contribution in [0.1, 0.15) is 25.8 Å². The summed E-state index contributed by atoms with van der Waals surface area (Å²) in [5.41, 5.74) is 2.11. The Hall–Kier alpha value is -1.33. The molecule has 1 aromatic carbocycles. The van der Waals surface area contributed by atoms with Gasteiger partial charge in [-0.25, -0.2) is 0 Å². The van der Waals surface area contributed by atoms with E-state index in [1.807, 2.05) is 18.2 Å². The quantitative estimate of drug-likeness (QED) is 0.874. The lowest BCUT2D eigenvalue weighted by atomic mass is 10.1. The molecule has 2 heterocycles. The molecular weight excluding hydrogens is 260 g/mol. The maximum atomic E-state index is 5.78. The fourth-order valence-corrected chi connectivity index (χ4v) is 3.17. The molecule has 1 fully saturated rings. The Balaban J connectivity index is 2.07. The highest BCUT2D eigenvalue weighted by atomic mass is 32.1. The van der Waals surface area contributed by atoms with E-state index < -0.39 is 0 Å². The summed E-state index contributed by atoms with van der Waals surface area (Å²) in [6, 6.07) is 6.23. The molecule has 3 rings (SSSR count). The molecule has 0 aliphatic carbocycles. The molecule has 1 aromatic heterocycles. The predicted octanol–water partition coefficient (Wildman–Crippen LogP) is 3.45. The number of hydrogen-bond acceptors (Lipinski definition) is 3. The molecule has 0 amide bonds. The van der Waals surface area contributed by atoms with Crippen molar-refractivity contribution in [3.8, 4) is 5.75 Å². The van der Waals surface area contributed by atoms with Crippen molar-refractivity contribution in [3.63, 3.8) is 0 Å². The first-order chi connectivity index (χ1) is 9.20. The number of rotatable bonds is 3. The molecule has 0 saturated carbocycles. The first kappa shape index (κ1) is 12.7. The minimum Gasteiger partial charge on any atom is -0.497 e. The van der Waals surface area contributed by atoms with Gasteiger partial charge in [-0.2, -0.15) is 0 Å². The second kappa shape index (κ2) is 4.98. The Morgan fingerprint density at radius 3 is 3.05 bits per heavy atom. The average molecular weight is 278 g/mol. The normalized spacial score (nSPS) is 20.8. The predicted molar refractivity (Wildman–Crippen MR) is 77.4 cm³/mol. The van der Waals surface area contributed by atoms with E-state index in [4.69, 9.17) is 21.7 Å². The standard InChI is InChI=1S/C14H18N2O2S/c1-9(13-4-3-7-18-13)16-12-6-5-10(17-2)8-11(12)15-14(16)19/h5-6,8-9,13H,3-4,7H2,1-2H3,(H,15,19). The number of H-pyrrole nitrogens is 1. The van der Waals surface area contributed by atoms with Gasteiger partial charge in [0.15, 0.2) is 4.77 Å². The Morgan fingerprint density at radius 1 is 1.53 bits per heavy atom. The van der Waals surface area contributed by atoms with Crippen LogP contribution in [0.5, 0.6) is 5.75 Å². The maximum Gasteiger partial charge on any atom is 0.178 e. The minimum atomic E-state index is 0.247. The lowest BCUT2D eigenvalue weighted by molar-refractivity contribution is 0.0741. The molecule has 19 heavy (non-hydrogen) atoms. The van der Waals surface area contributed by atoms with Crippen LogP contribution >= 0.6 is 12.2 Å². The van der Waals surface area contributed by atoms with Crippen LogP contribution in [-0.4, -0.2) is 29.4 Å². The first-order valence-electron chi connectivity index (χ1n) is 6.60. The molecule has 1 aliphatic heterocycles. The number of fused-ring (bicyclic) bond motifs is 1. The number of aromatic amines is 1. The summed E-state index contributed by atoms with van der Waals surface area (Å²) in [4.78, 5) is 3.25. The number of aromatic nitrogens is 2. The molecule has 1 aliphatic rings. The average Bonchev–Trinajstić information content (AvgIpc) is 3.03. The molecule has 0 spiro atoms. The topological polar surface area (TPSA) is 39.2 Å². The van der Waals surface area contributed by atoms with Crippen molar-refractivity contribution in [2.24, 2.45) is 0 Å². The summed E-state index contributed by atoms with van der Waals surface area (Å²) >= 11 is 5.46. The lowest BCUT2D eigenvalue weighted by Gasteiger charge is -2.20. The highest BCUT2D eigenvalue weighted by Crippen LogP contribution is 2.29. The van der Waals surface area contributed by atoms with Crippen molar-refractivity contribution in [1.82, 2.24) is 9.55 Å². The van der Waals surface area contributed by atoms with Gasteiger partial charge in [0.2, 0.25) is 0 Å². The summed E-state index contributed by atoms with van der Waals surface area (Å²) in [6.45, 7) is 3.03. The fourth-order valence-electron chi connectivity index (χ4n) is 2.79. The zero-order chi connectivity index (χ0) is 13.4. The molecule has 4 nitrogen and oxygen atoms in total. The Morgan fingerprint density at radius 2 is 2.37 bits per heavy atom.